The number of nitro groups is 1. The summed E-state index contributed by atoms with van der Waals surface area (Å²) in [5, 5.41) is 22.0. The minimum Gasteiger partial charge on any atom is -0.480 e. The van der Waals surface area contributed by atoms with Crippen molar-refractivity contribution in [2.75, 3.05) is 0 Å². The van der Waals surface area contributed by atoms with E-state index in [1.54, 1.807) is 6.92 Å². The Morgan fingerprint density at radius 2 is 2.24 bits per heavy atom. The van der Waals surface area contributed by atoms with Crippen molar-refractivity contribution in [3.05, 3.63) is 22.6 Å². The van der Waals surface area contributed by atoms with Gasteiger partial charge in [0.1, 0.15) is 12.2 Å². The fraction of sp³-hybridized carbons (Fsp3) is 0.583. The highest BCUT2D eigenvalue weighted by Gasteiger charge is 2.25. The number of aromatic nitrogens is 2. The molecule has 0 saturated carbocycles. The molecule has 0 radical (unpaired) electrons. The van der Waals surface area contributed by atoms with E-state index in [-0.39, 0.29) is 24.7 Å². The van der Waals surface area contributed by atoms with E-state index in [0.29, 0.717) is 6.42 Å². The van der Waals surface area contributed by atoms with Crippen molar-refractivity contribution in [3.8, 4) is 0 Å². The van der Waals surface area contributed by atoms with Gasteiger partial charge in [0.2, 0.25) is 12.2 Å². The third-order valence-corrected chi connectivity index (χ3v) is 3.20. The molecule has 0 aliphatic heterocycles. The molecule has 2 atom stereocenters. The monoisotopic (exact) mass is 298 g/mol. The second kappa shape index (κ2) is 7.36. The van der Waals surface area contributed by atoms with Gasteiger partial charge in [-0.1, -0.05) is 20.3 Å². The number of rotatable bonds is 8. The summed E-state index contributed by atoms with van der Waals surface area (Å²) < 4.78 is 1.41. The number of hydrogen-bond donors (Lipinski definition) is 2. The number of imidazole rings is 1. The Morgan fingerprint density at radius 3 is 2.71 bits per heavy atom. The highest BCUT2D eigenvalue weighted by Crippen LogP contribution is 2.09. The number of carbonyl (C=O) groups excluding carboxylic acids is 1. The van der Waals surface area contributed by atoms with Gasteiger partial charge in [-0.2, -0.15) is 0 Å². The van der Waals surface area contributed by atoms with Crippen molar-refractivity contribution in [2.45, 2.75) is 39.3 Å². The lowest BCUT2D eigenvalue weighted by atomic mass is 9.99. The van der Waals surface area contributed by atoms with Crippen LogP contribution in [0.3, 0.4) is 0 Å². The van der Waals surface area contributed by atoms with E-state index in [1.165, 1.54) is 17.1 Å². The predicted octanol–water partition coefficient (Wildman–Crippen LogP) is 0.797. The van der Waals surface area contributed by atoms with Crippen molar-refractivity contribution in [2.24, 2.45) is 5.92 Å². The minimum absolute atomic E-state index is 0.0216. The number of amides is 1. The van der Waals surface area contributed by atoms with Crippen LogP contribution in [0.15, 0.2) is 12.5 Å². The lowest BCUT2D eigenvalue weighted by Crippen LogP contribution is -2.45. The highest BCUT2D eigenvalue weighted by atomic mass is 16.6. The van der Waals surface area contributed by atoms with Crippen LogP contribution < -0.4 is 5.32 Å². The predicted molar refractivity (Wildman–Crippen MR) is 72.5 cm³/mol. The van der Waals surface area contributed by atoms with Crippen LogP contribution in [-0.4, -0.2) is 37.5 Å². The molecule has 21 heavy (non-hydrogen) atoms. The first-order chi connectivity index (χ1) is 9.85. The number of carboxylic acids is 1. The number of hydrogen-bond acceptors (Lipinski definition) is 5. The van der Waals surface area contributed by atoms with Gasteiger partial charge in [0.05, 0.1) is 0 Å². The summed E-state index contributed by atoms with van der Waals surface area (Å²) in [6.07, 6.45) is 3.13. The standard InChI is InChI=1S/C12H18N4O5/c1-3-8(2)11(12(18)19)14-10(17)4-5-15-6-9(13-7-15)16(20)21/h6-8,11H,3-5H2,1-2H3,(H,14,17)(H,18,19). The van der Waals surface area contributed by atoms with E-state index in [0.717, 1.165) is 0 Å². The topological polar surface area (TPSA) is 127 Å². The molecule has 9 nitrogen and oxygen atoms in total. The third kappa shape index (κ3) is 4.86. The Bertz CT molecular complexity index is 527. The first kappa shape index (κ1) is 16.6. The molecular formula is C12H18N4O5. The number of nitrogens with one attached hydrogen (secondary N) is 1. The fourth-order valence-electron chi connectivity index (χ4n) is 1.72. The highest BCUT2D eigenvalue weighted by molar-refractivity contribution is 5.83. The number of carboxylic acid groups (broad SMARTS) is 1. The van der Waals surface area contributed by atoms with Crippen molar-refractivity contribution < 1.29 is 19.6 Å². The molecule has 0 spiro atoms. The molecule has 2 N–H and O–H groups in total. The summed E-state index contributed by atoms with van der Waals surface area (Å²) in [5.41, 5.74) is 0. The van der Waals surface area contributed by atoms with E-state index in [1.807, 2.05) is 6.92 Å². The van der Waals surface area contributed by atoms with Gasteiger partial charge in [0.25, 0.3) is 0 Å². The van der Waals surface area contributed by atoms with Gasteiger partial charge in [-0.3, -0.25) is 4.79 Å². The Hall–Kier alpha value is -2.45. The van der Waals surface area contributed by atoms with Crippen LogP contribution in [0.4, 0.5) is 5.82 Å². The van der Waals surface area contributed by atoms with Gasteiger partial charge in [0.15, 0.2) is 0 Å². The van der Waals surface area contributed by atoms with Crippen LogP contribution in [0.2, 0.25) is 0 Å². The first-order valence-electron chi connectivity index (χ1n) is 6.53. The fourth-order valence-corrected chi connectivity index (χ4v) is 1.72. The van der Waals surface area contributed by atoms with Crippen LogP contribution in [0.25, 0.3) is 0 Å². The van der Waals surface area contributed by atoms with Crippen LogP contribution >= 0.6 is 0 Å². The van der Waals surface area contributed by atoms with E-state index in [4.69, 9.17) is 5.11 Å². The van der Waals surface area contributed by atoms with Crippen molar-refractivity contribution in [1.82, 2.24) is 14.9 Å². The van der Waals surface area contributed by atoms with E-state index in [2.05, 4.69) is 10.3 Å². The molecule has 0 fully saturated rings. The maximum atomic E-state index is 11.8. The summed E-state index contributed by atoms with van der Waals surface area (Å²) in [6.45, 7) is 3.79. The normalized spacial score (nSPS) is 13.4. The molecule has 0 saturated heterocycles. The van der Waals surface area contributed by atoms with Gasteiger partial charge in [-0.05, 0) is 15.8 Å². The third-order valence-electron chi connectivity index (χ3n) is 3.20. The molecule has 0 aromatic carbocycles. The minimum atomic E-state index is -1.07. The number of nitrogens with zero attached hydrogens (tertiary/aromatic N) is 3. The zero-order valence-corrected chi connectivity index (χ0v) is 11.9. The van der Waals surface area contributed by atoms with Gasteiger partial charge in [-0.15, -0.1) is 0 Å². The van der Waals surface area contributed by atoms with Gasteiger partial charge in [-0.25, -0.2) is 4.79 Å². The maximum absolute atomic E-state index is 11.8. The van der Waals surface area contributed by atoms with Crippen LogP contribution in [-0.2, 0) is 16.1 Å². The summed E-state index contributed by atoms with van der Waals surface area (Å²) in [4.78, 5) is 36.2. The Labute approximate surface area is 121 Å². The molecule has 1 heterocycles. The second-order valence-corrected chi connectivity index (χ2v) is 4.75. The first-order valence-corrected chi connectivity index (χ1v) is 6.53. The molecule has 0 bridgehead atoms. The van der Waals surface area contributed by atoms with Gasteiger partial charge in [0, 0.05) is 13.0 Å². The molecule has 9 heteroatoms. The molecule has 2 unspecified atom stereocenters. The number of aliphatic carboxylic acids is 1. The lowest BCUT2D eigenvalue weighted by molar-refractivity contribution is -0.389. The van der Waals surface area contributed by atoms with Crippen LogP contribution in [0.1, 0.15) is 26.7 Å². The maximum Gasteiger partial charge on any atom is 0.381 e. The zero-order chi connectivity index (χ0) is 16.0. The molecule has 116 valence electrons. The van der Waals surface area contributed by atoms with Crippen LogP contribution in [0, 0.1) is 16.0 Å². The largest absolute Gasteiger partial charge is 0.480 e. The smallest absolute Gasteiger partial charge is 0.381 e. The van der Waals surface area contributed by atoms with Crippen molar-refractivity contribution >= 4 is 17.7 Å². The average molecular weight is 298 g/mol. The van der Waals surface area contributed by atoms with Crippen molar-refractivity contribution in [3.63, 3.8) is 0 Å². The SMILES string of the molecule is CCC(C)C(NC(=O)CCn1cnc([N+](=O)[O-])c1)C(=O)O. The van der Waals surface area contributed by atoms with Gasteiger partial charge >= 0.3 is 11.8 Å². The number of carbonyl (C=O) groups is 2. The Morgan fingerprint density at radius 1 is 1.57 bits per heavy atom. The Kier molecular flexibility index (Phi) is 5.82. The summed E-state index contributed by atoms with van der Waals surface area (Å²) in [6, 6.07) is -0.931. The molecule has 1 aromatic rings. The van der Waals surface area contributed by atoms with E-state index in [9.17, 15) is 19.7 Å². The molecule has 0 aliphatic rings. The van der Waals surface area contributed by atoms with E-state index < -0.39 is 22.8 Å². The molecule has 0 aliphatic carbocycles. The Balaban J connectivity index is 2.52. The lowest BCUT2D eigenvalue weighted by Gasteiger charge is -2.20. The number of aryl methyl sites for hydroxylation is 1. The molecule has 1 rings (SSSR count). The van der Waals surface area contributed by atoms with Gasteiger partial charge < -0.3 is 25.1 Å². The summed E-state index contributed by atoms with van der Waals surface area (Å²) in [7, 11) is 0. The second-order valence-electron chi connectivity index (χ2n) is 4.75. The average Bonchev–Trinajstić information content (AvgIpc) is 2.90. The van der Waals surface area contributed by atoms with E-state index >= 15 is 0 Å². The van der Waals surface area contributed by atoms with Crippen LogP contribution in [0.5, 0.6) is 0 Å². The zero-order valence-electron chi connectivity index (χ0n) is 11.9. The summed E-state index contributed by atoms with van der Waals surface area (Å²) >= 11 is 0. The molecule has 1 aromatic heterocycles. The quantitative estimate of drug-likeness (QED) is 0.539. The molecular weight excluding hydrogens is 280 g/mol. The molecule has 1 amide bonds. The summed E-state index contributed by atoms with van der Waals surface area (Å²) in [5.74, 6) is -1.96. The van der Waals surface area contributed by atoms with Crippen molar-refractivity contribution in [1.29, 1.82) is 0 Å².